The van der Waals surface area contributed by atoms with Gasteiger partial charge in [0.1, 0.15) is 5.82 Å². The lowest BCUT2D eigenvalue weighted by atomic mass is 10.1. The maximum absolute atomic E-state index is 13.7. The third kappa shape index (κ3) is 2.29. The van der Waals surface area contributed by atoms with E-state index in [1.54, 1.807) is 12.3 Å². The highest BCUT2D eigenvalue weighted by molar-refractivity contribution is 5.95. The molecule has 1 aromatic heterocycles. The Labute approximate surface area is 103 Å². The minimum atomic E-state index is -1.18. The van der Waals surface area contributed by atoms with Crippen molar-refractivity contribution >= 4 is 17.3 Å². The van der Waals surface area contributed by atoms with Crippen LogP contribution in [0.2, 0.25) is 0 Å². The number of aryl methyl sites for hydroxylation is 1. The first-order valence-corrected chi connectivity index (χ1v) is 5.29. The van der Waals surface area contributed by atoms with Crippen LogP contribution >= 0.6 is 0 Å². The number of carboxylic acids is 1. The number of rotatable bonds is 3. The molecule has 0 aliphatic heterocycles. The number of halogens is 1. The van der Waals surface area contributed by atoms with Gasteiger partial charge >= 0.3 is 5.97 Å². The van der Waals surface area contributed by atoms with Gasteiger partial charge in [-0.1, -0.05) is 6.07 Å². The molecule has 92 valence electrons. The topological polar surface area (TPSA) is 62.2 Å². The molecule has 0 aliphatic carbocycles. The van der Waals surface area contributed by atoms with Gasteiger partial charge in [-0.05, 0) is 30.7 Å². The molecule has 0 aliphatic rings. The number of para-hydroxylation sites is 1. The van der Waals surface area contributed by atoms with Gasteiger partial charge in [-0.15, -0.1) is 0 Å². The fourth-order valence-corrected chi connectivity index (χ4v) is 1.56. The van der Waals surface area contributed by atoms with E-state index in [0.29, 0.717) is 5.69 Å². The highest BCUT2D eigenvalue weighted by atomic mass is 19.1. The Kier molecular flexibility index (Phi) is 3.23. The first-order valence-electron chi connectivity index (χ1n) is 5.29. The van der Waals surface area contributed by atoms with Gasteiger partial charge in [0.15, 0.2) is 0 Å². The van der Waals surface area contributed by atoms with E-state index < -0.39 is 11.8 Å². The molecular formula is C13H11FN2O2. The summed E-state index contributed by atoms with van der Waals surface area (Å²) in [6, 6.07) is 5.67. The fraction of sp³-hybridized carbons (Fsp3) is 0.0769. The quantitative estimate of drug-likeness (QED) is 0.874. The second-order valence-electron chi connectivity index (χ2n) is 3.78. The van der Waals surface area contributed by atoms with Gasteiger partial charge in [-0.3, -0.25) is 4.98 Å². The Morgan fingerprint density at radius 3 is 2.83 bits per heavy atom. The Bertz CT molecular complexity index is 599. The number of carbonyl (C=O) groups is 1. The van der Waals surface area contributed by atoms with Gasteiger partial charge in [-0.25, -0.2) is 9.18 Å². The molecule has 5 heteroatoms. The number of pyridine rings is 1. The molecule has 2 rings (SSSR count). The molecule has 0 fully saturated rings. The molecule has 0 radical (unpaired) electrons. The Morgan fingerprint density at radius 1 is 1.39 bits per heavy atom. The number of aromatic nitrogens is 1. The molecular weight excluding hydrogens is 235 g/mol. The van der Waals surface area contributed by atoms with Gasteiger partial charge < -0.3 is 10.4 Å². The number of anilines is 2. The summed E-state index contributed by atoms with van der Waals surface area (Å²) in [4.78, 5) is 14.9. The van der Waals surface area contributed by atoms with Gasteiger partial charge in [0, 0.05) is 6.20 Å². The number of nitrogens with one attached hydrogen (secondary N) is 1. The predicted octanol–water partition coefficient (Wildman–Crippen LogP) is 2.97. The summed E-state index contributed by atoms with van der Waals surface area (Å²) < 4.78 is 13.7. The van der Waals surface area contributed by atoms with E-state index in [2.05, 4.69) is 10.3 Å². The number of aromatic carboxylic acids is 1. The van der Waals surface area contributed by atoms with Crippen LogP contribution in [0.3, 0.4) is 0 Å². The summed E-state index contributed by atoms with van der Waals surface area (Å²) in [6.07, 6.45) is 3.13. The molecule has 0 atom stereocenters. The molecule has 0 spiro atoms. The van der Waals surface area contributed by atoms with Crippen LogP contribution in [0, 0.1) is 12.7 Å². The summed E-state index contributed by atoms with van der Waals surface area (Å²) in [7, 11) is 0. The lowest BCUT2D eigenvalue weighted by molar-refractivity contribution is 0.0697. The standard InChI is InChI=1S/C13H11FN2O2/c1-8-5-6-15-7-11(8)16-12-9(13(17)18)3-2-4-10(12)14/h2-7,16H,1H3,(H,17,18). The van der Waals surface area contributed by atoms with Crippen LogP contribution in [0.1, 0.15) is 15.9 Å². The Hall–Kier alpha value is -2.43. The Morgan fingerprint density at radius 2 is 2.17 bits per heavy atom. The van der Waals surface area contributed by atoms with E-state index in [1.807, 2.05) is 6.92 Å². The first-order chi connectivity index (χ1) is 8.59. The van der Waals surface area contributed by atoms with E-state index >= 15 is 0 Å². The molecule has 0 saturated heterocycles. The average molecular weight is 246 g/mol. The van der Waals surface area contributed by atoms with Gasteiger partial charge in [0.05, 0.1) is 23.1 Å². The number of nitrogens with zero attached hydrogens (tertiary/aromatic N) is 1. The van der Waals surface area contributed by atoms with E-state index in [1.165, 1.54) is 24.4 Å². The molecule has 0 amide bonds. The summed E-state index contributed by atoms with van der Waals surface area (Å²) in [5.74, 6) is -1.79. The maximum atomic E-state index is 13.7. The summed E-state index contributed by atoms with van der Waals surface area (Å²) in [6.45, 7) is 1.82. The Balaban J connectivity index is 2.46. The van der Waals surface area contributed by atoms with Crippen molar-refractivity contribution in [2.75, 3.05) is 5.32 Å². The second-order valence-corrected chi connectivity index (χ2v) is 3.78. The van der Waals surface area contributed by atoms with E-state index in [0.717, 1.165) is 5.56 Å². The zero-order chi connectivity index (χ0) is 13.1. The summed E-state index contributed by atoms with van der Waals surface area (Å²) >= 11 is 0. The molecule has 1 aromatic carbocycles. The minimum Gasteiger partial charge on any atom is -0.478 e. The molecule has 0 saturated carbocycles. The molecule has 0 unspecified atom stereocenters. The van der Waals surface area contributed by atoms with Crippen molar-refractivity contribution in [3.05, 3.63) is 53.6 Å². The highest BCUT2D eigenvalue weighted by Gasteiger charge is 2.14. The number of hydrogen-bond donors (Lipinski definition) is 2. The summed E-state index contributed by atoms with van der Waals surface area (Å²) in [5.41, 5.74) is 1.26. The lowest BCUT2D eigenvalue weighted by Gasteiger charge is -2.12. The largest absolute Gasteiger partial charge is 0.478 e. The van der Waals surface area contributed by atoms with Crippen LogP contribution in [0.5, 0.6) is 0 Å². The second kappa shape index (κ2) is 4.83. The van der Waals surface area contributed by atoms with Crippen LogP contribution in [-0.2, 0) is 0 Å². The normalized spacial score (nSPS) is 10.1. The smallest absolute Gasteiger partial charge is 0.337 e. The van der Waals surface area contributed by atoms with Crippen molar-refractivity contribution in [2.24, 2.45) is 0 Å². The van der Waals surface area contributed by atoms with Crippen LogP contribution < -0.4 is 5.32 Å². The predicted molar refractivity (Wildman–Crippen MR) is 65.6 cm³/mol. The van der Waals surface area contributed by atoms with E-state index in [9.17, 15) is 9.18 Å². The van der Waals surface area contributed by atoms with Crippen molar-refractivity contribution in [2.45, 2.75) is 6.92 Å². The minimum absolute atomic E-state index is 0.0545. The third-order valence-corrected chi connectivity index (χ3v) is 2.54. The molecule has 1 heterocycles. The molecule has 18 heavy (non-hydrogen) atoms. The van der Waals surface area contributed by atoms with Crippen LogP contribution in [-0.4, -0.2) is 16.1 Å². The van der Waals surface area contributed by atoms with E-state index in [4.69, 9.17) is 5.11 Å². The monoisotopic (exact) mass is 246 g/mol. The number of carboxylic acid groups (broad SMARTS) is 1. The van der Waals surface area contributed by atoms with Crippen molar-refractivity contribution < 1.29 is 14.3 Å². The molecule has 2 N–H and O–H groups in total. The molecule has 2 aromatic rings. The highest BCUT2D eigenvalue weighted by Crippen LogP contribution is 2.25. The average Bonchev–Trinajstić information content (AvgIpc) is 2.34. The lowest BCUT2D eigenvalue weighted by Crippen LogP contribution is -2.05. The fourth-order valence-electron chi connectivity index (χ4n) is 1.56. The van der Waals surface area contributed by atoms with Gasteiger partial charge in [-0.2, -0.15) is 0 Å². The third-order valence-electron chi connectivity index (χ3n) is 2.54. The van der Waals surface area contributed by atoms with Crippen molar-refractivity contribution in [3.8, 4) is 0 Å². The van der Waals surface area contributed by atoms with Crippen molar-refractivity contribution in [1.29, 1.82) is 0 Å². The van der Waals surface area contributed by atoms with E-state index in [-0.39, 0.29) is 11.3 Å². The molecule has 0 bridgehead atoms. The van der Waals surface area contributed by atoms with Crippen LogP contribution in [0.4, 0.5) is 15.8 Å². The zero-order valence-corrected chi connectivity index (χ0v) is 9.64. The zero-order valence-electron chi connectivity index (χ0n) is 9.64. The van der Waals surface area contributed by atoms with Crippen molar-refractivity contribution in [1.82, 2.24) is 4.98 Å². The number of hydrogen-bond acceptors (Lipinski definition) is 3. The van der Waals surface area contributed by atoms with Crippen LogP contribution in [0.25, 0.3) is 0 Å². The van der Waals surface area contributed by atoms with Gasteiger partial charge in [0.2, 0.25) is 0 Å². The number of benzene rings is 1. The van der Waals surface area contributed by atoms with Crippen molar-refractivity contribution in [3.63, 3.8) is 0 Å². The van der Waals surface area contributed by atoms with Gasteiger partial charge in [0.25, 0.3) is 0 Å². The maximum Gasteiger partial charge on any atom is 0.337 e. The first kappa shape index (κ1) is 12.0. The van der Waals surface area contributed by atoms with Crippen LogP contribution in [0.15, 0.2) is 36.7 Å². The SMILES string of the molecule is Cc1ccncc1Nc1c(F)cccc1C(=O)O. The summed E-state index contributed by atoms with van der Waals surface area (Å²) in [5, 5.41) is 11.8. The molecule has 4 nitrogen and oxygen atoms in total.